The van der Waals surface area contributed by atoms with Gasteiger partial charge in [-0.15, -0.1) is 0 Å². The number of phenols is 1. The summed E-state index contributed by atoms with van der Waals surface area (Å²) in [5, 5.41) is 9.29. The molecule has 1 N–H and O–H groups in total. The molecule has 3 aromatic rings. The van der Waals surface area contributed by atoms with Crippen LogP contribution >= 0.6 is 0 Å². The third kappa shape index (κ3) is 3.69. The molecule has 2 nitrogen and oxygen atoms in total. The van der Waals surface area contributed by atoms with Gasteiger partial charge in [0.15, 0.2) is 12.4 Å². The summed E-state index contributed by atoms with van der Waals surface area (Å²) in [6, 6.07) is 21.6. The predicted octanol–water partition coefficient (Wildman–Crippen LogP) is 4.36. The highest BCUT2D eigenvalue weighted by Crippen LogP contribution is 2.22. The van der Waals surface area contributed by atoms with Gasteiger partial charge in [0.25, 0.3) is 0 Å². The van der Waals surface area contributed by atoms with Crippen LogP contribution in [0.3, 0.4) is 0 Å². The lowest BCUT2D eigenvalue weighted by atomic mass is 10.1. The maximum Gasteiger partial charge on any atom is 0.210 e. The second kappa shape index (κ2) is 7.25. The molecule has 0 aliphatic carbocycles. The molecule has 0 spiro atoms. The first-order valence-electron chi connectivity index (χ1n) is 7.19. The molecule has 0 fully saturated rings. The van der Waals surface area contributed by atoms with Crippen molar-refractivity contribution in [3.8, 4) is 22.6 Å². The summed E-state index contributed by atoms with van der Waals surface area (Å²) in [7, 11) is 0. The van der Waals surface area contributed by atoms with E-state index in [9.17, 15) is 5.11 Å². The largest absolute Gasteiger partial charge is 0.508 e. The number of phenolic OH excluding ortho intramolecular Hbond substituents is 1. The van der Waals surface area contributed by atoms with E-state index < -0.39 is 0 Å². The minimum absolute atomic E-state index is 0.292. The molecular weight excluding hydrogens is 258 g/mol. The first-order valence-corrected chi connectivity index (χ1v) is 7.19. The fraction of sp³-hybridized carbons (Fsp3) is 0.105. The quantitative estimate of drug-likeness (QED) is 0.692. The van der Waals surface area contributed by atoms with Crippen molar-refractivity contribution in [2.24, 2.45) is 0 Å². The van der Waals surface area contributed by atoms with E-state index in [0.717, 1.165) is 16.8 Å². The van der Waals surface area contributed by atoms with E-state index in [4.69, 9.17) is 0 Å². The molecule has 0 saturated carbocycles. The Hall–Kier alpha value is -2.61. The Balaban J connectivity index is 0.000000774. The first-order chi connectivity index (χ1) is 10.3. The fourth-order valence-corrected chi connectivity index (χ4v) is 2.05. The molecule has 0 unspecified atom stereocenters. The van der Waals surface area contributed by atoms with Crippen LogP contribution in [0.5, 0.6) is 5.75 Å². The summed E-state index contributed by atoms with van der Waals surface area (Å²) in [4.78, 5) is 0. The van der Waals surface area contributed by atoms with Crippen molar-refractivity contribution in [2.45, 2.75) is 13.8 Å². The van der Waals surface area contributed by atoms with Crippen LogP contribution in [-0.4, -0.2) is 5.11 Å². The molecule has 106 valence electrons. The number of hydrogen-bond donors (Lipinski definition) is 1. The van der Waals surface area contributed by atoms with Crippen LogP contribution in [0.15, 0.2) is 79.1 Å². The first kappa shape index (κ1) is 14.8. The van der Waals surface area contributed by atoms with Crippen LogP contribution in [0.25, 0.3) is 16.8 Å². The van der Waals surface area contributed by atoms with Crippen LogP contribution in [0, 0.1) is 0 Å². The van der Waals surface area contributed by atoms with Crippen LogP contribution < -0.4 is 4.57 Å². The van der Waals surface area contributed by atoms with Gasteiger partial charge in [-0.2, -0.15) is 4.57 Å². The van der Waals surface area contributed by atoms with E-state index in [2.05, 4.69) is 28.8 Å². The highest BCUT2D eigenvalue weighted by atomic mass is 16.3. The molecule has 0 radical (unpaired) electrons. The summed E-state index contributed by atoms with van der Waals surface area (Å²) >= 11 is 0. The zero-order valence-electron chi connectivity index (χ0n) is 12.4. The average Bonchev–Trinajstić information content (AvgIpc) is 2.58. The Morgan fingerprint density at radius 3 is 1.67 bits per heavy atom. The van der Waals surface area contributed by atoms with Gasteiger partial charge in [-0.25, -0.2) is 0 Å². The number of benzene rings is 2. The number of rotatable bonds is 2. The molecule has 21 heavy (non-hydrogen) atoms. The van der Waals surface area contributed by atoms with E-state index >= 15 is 0 Å². The summed E-state index contributed by atoms with van der Waals surface area (Å²) in [6.07, 6.45) is 4.05. The summed E-state index contributed by atoms with van der Waals surface area (Å²) in [5.74, 6) is 0.292. The lowest BCUT2D eigenvalue weighted by molar-refractivity contribution is -0.595. The van der Waals surface area contributed by atoms with Crippen molar-refractivity contribution >= 4 is 0 Å². The van der Waals surface area contributed by atoms with Gasteiger partial charge in [0.2, 0.25) is 5.69 Å². The molecule has 0 aliphatic heterocycles. The second-order valence-electron chi connectivity index (χ2n) is 4.38. The number of aromatic nitrogens is 1. The van der Waals surface area contributed by atoms with Gasteiger partial charge in [-0.05, 0) is 35.4 Å². The lowest BCUT2D eigenvalue weighted by Gasteiger charge is -2.02. The topological polar surface area (TPSA) is 24.1 Å². The summed E-state index contributed by atoms with van der Waals surface area (Å²) < 4.78 is 2.07. The molecule has 2 aromatic carbocycles. The van der Waals surface area contributed by atoms with Gasteiger partial charge in [0.1, 0.15) is 5.75 Å². The molecule has 1 heterocycles. The number of nitrogens with zero attached hydrogens (tertiary/aromatic N) is 1. The van der Waals surface area contributed by atoms with Crippen molar-refractivity contribution in [2.75, 3.05) is 0 Å². The van der Waals surface area contributed by atoms with Gasteiger partial charge in [0, 0.05) is 24.3 Å². The van der Waals surface area contributed by atoms with Crippen molar-refractivity contribution in [3.63, 3.8) is 0 Å². The third-order valence-corrected chi connectivity index (χ3v) is 3.08. The minimum atomic E-state index is 0.292. The molecule has 0 aliphatic rings. The van der Waals surface area contributed by atoms with Crippen LogP contribution in [0.2, 0.25) is 0 Å². The predicted molar refractivity (Wildman–Crippen MR) is 86.4 cm³/mol. The van der Waals surface area contributed by atoms with E-state index in [1.165, 1.54) is 0 Å². The normalized spacial score (nSPS) is 9.62. The standard InChI is InChI=1S/C17H13NO.C2H6/c19-17-10-6-15(7-11-17)14-4-8-16(9-5-14)18-12-2-1-3-13-18;1-2/h1-13H;1-2H3/p+1. The second-order valence-corrected chi connectivity index (χ2v) is 4.38. The summed E-state index contributed by atoms with van der Waals surface area (Å²) in [6.45, 7) is 4.00. The molecule has 2 heteroatoms. The highest BCUT2D eigenvalue weighted by molar-refractivity contribution is 5.64. The van der Waals surface area contributed by atoms with Crippen LogP contribution in [-0.2, 0) is 0 Å². The SMILES string of the molecule is CC.Oc1ccc(-c2ccc(-[n+]3ccccc3)cc2)cc1. The van der Waals surface area contributed by atoms with E-state index in [0.29, 0.717) is 5.75 Å². The molecule has 3 rings (SSSR count). The Kier molecular flexibility index (Phi) is 5.10. The van der Waals surface area contributed by atoms with E-state index in [-0.39, 0.29) is 0 Å². The minimum Gasteiger partial charge on any atom is -0.508 e. The van der Waals surface area contributed by atoms with E-state index in [1.54, 1.807) is 12.1 Å². The Morgan fingerprint density at radius 1 is 0.667 bits per heavy atom. The molecular formula is C19H20NO+. The highest BCUT2D eigenvalue weighted by Gasteiger charge is 2.04. The van der Waals surface area contributed by atoms with Crippen LogP contribution in [0.1, 0.15) is 13.8 Å². The third-order valence-electron chi connectivity index (χ3n) is 3.08. The lowest BCUT2D eigenvalue weighted by Crippen LogP contribution is -2.28. The Bertz CT molecular complexity index is 658. The van der Waals surface area contributed by atoms with Crippen molar-refractivity contribution in [3.05, 3.63) is 79.1 Å². The average molecular weight is 278 g/mol. The van der Waals surface area contributed by atoms with Gasteiger partial charge < -0.3 is 5.11 Å². The maximum absolute atomic E-state index is 9.29. The zero-order chi connectivity index (χ0) is 15.1. The maximum atomic E-state index is 9.29. The smallest absolute Gasteiger partial charge is 0.210 e. The zero-order valence-corrected chi connectivity index (χ0v) is 12.4. The molecule has 1 aromatic heterocycles. The van der Waals surface area contributed by atoms with Gasteiger partial charge in [-0.1, -0.05) is 32.0 Å². The van der Waals surface area contributed by atoms with Crippen molar-refractivity contribution < 1.29 is 9.67 Å². The van der Waals surface area contributed by atoms with Crippen LogP contribution in [0.4, 0.5) is 0 Å². The Labute approximate surface area is 126 Å². The monoisotopic (exact) mass is 278 g/mol. The molecule has 0 atom stereocenters. The number of pyridine rings is 1. The number of aromatic hydroxyl groups is 1. The Morgan fingerprint density at radius 2 is 1.14 bits per heavy atom. The number of hydrogen-bond acceptors (Lipinski definition) is 1. The van der Waals surface area contributed by atoms with Gasteiger partial charge in [-0.3, -0.25) is 0 Å². The molecule has 0 amide bonds. The molecule has 0 saturated heterocycles. The van der Waals surface area contributed by atoms with Gasteiger partial charge >= 0.3 is 0 Å². The van der Waals surface area contributed by atoms with Gasteiger partial charge in [0.05, 0.1) is 0 Å². The fourth-order valence-electron chi connectivity index (χ4n) is 2.05. The summed E-state index contributed by atoms with van der Waals surface area (Å²) in [5.41, 5.74) is 3.37. The van der Waals surface area contributed by atoms with Crippen molar-refractivity contribution in [1.82, 2.24) is 0 Å². The van der Waals surface area contributed by atoms with E-state index in [1.807, 2.05) is 56.6 Å². The van der Waals surface area contributed by atoms with Crippen molar-refractivity contribution in [1.29, 1.82) is 0 Å². The molecule has 0 bridgehead atoms.